The molecule has 0 spiro atoms. The number of amides is 3. The highest BCUT2D eigenvalue weighted by molar-refractivity contribution is 8.14. The fraction of sp³-hybridized carbons (Fsp3) is 0.0857. The SMILES string of the molecule is C=C/C=C\C(=C/C)N1C(=O)/C(=C/C=C/c2ccccc2)C(=O)N=C1SCC(=O)NC(c1ccccc1)c1ccccc1. The minimum Gasteiger partial charge on any atom is -0.344 e. The second-order valence-electron chi connectivity index (χ2n) is 9.11. The van der Waals surface area contributed by atoms with E-state index in [2.05, 4.69) is 16.9 Å². The molecule has 1 heterocycles. The Labute approximate surface area is 250 Å². The van der Waals surface area contributed by atoms with Gasteiger partial charge in [0.15, 0.2) is 5.17 Å². The van der Waals surface area contributed by atoms with Gasteiger partial charge in [0.25, 0.3) is 11.8 Å². The third kappa shape index (κ3) is 7.80. The van der Waals surface area contributed by atoms with Crippen LogP contribution in [0.1, 0.15) is 29.7 Å². The molecule has 0 bridgehead atoms. The van der Waals surface area contributed by atoms with Gasteiger partial charge in [0.05, 0.1) is 11.8 Å². The number of hydrogen-bond acceptors (Lipinski definition) is 4. The van der Waals surface area contributed by atoms with Crippen molar-refractivity contribution in [3.63, 3.8) is 0 Å². The van der Waals surface area contributed by atoms with Crippen LogP contribution in [0.3, 0.4) is 0 Å². The minimum absolute atomic E-state index is 0.0544. The van der Waals surface area contributed by atoms with Crippen molar-refractivity contribution < 1.29 is 14.4 Å². The van der Waals surface area contributed by atoms with Gasteiger partial charge < -0.3 is 5.32 Å². The smallest absolute Gasteiger partial charge is 0.285 e. The van der Waals surface area contributed by atoms with Crippen molar-refractivity contribution >= 4 is 40.7 Å². The number of benzene rings is 3. The largest absolute Gasteiger partial charge is 0.344 e. The van der Waals surface area contributed by atoms with E-state index in [-0.39, 0.29) is 28.4 Å². The first kappa shape index (κ1) is 30.0. The maximum Gasteiger partial charge on any atom is 0.285 e. The van der Waals surface area contributed by atoms with Crippen molar-refractivity contribution in [3.05, 3.63) is 162 Å². The van der Waals surface area contributed by atoms with E-state index in [9.17, 15) is 14.4 Å². The number of carbonyl (C=O) groups is 3. The summed E-state index contributed by atoms with van der Waals surface area (Å²) in [6.45, 7) is 5.49. The lowest BCUT2D eigenvalue weighted by Gasteiger charge is -2.28. The van der Waals surface area contributed by atoms with Crippen LogP contribution in [0.25, 0.3) is 6.08 Å². The molecule has 0 fully saturated rings. The van der Waals surface area contributed by atoms with Crippen LogP contribution in [-0.2, 0) is 14.4 Å². The van der Waals surface area contributed by atoms with Gasteiger partial charge in [-0.25, -0.2) is 0 Å². The average Bonchev–Trinajstić information content (AvgIpc) is 3.03. The normalized spacial score (nSPS) is 15.1. The summed E-state index contributed by atoms with van der Waals surface area (Å²) in [7, 11) is 0. The van der Waals surface area contributed by atoms with Gasteiger partial charge in [0.2, 0.25) is 5.91 Å². The highest BCUT2D eigenvalue weighted by atomic mass is 32.2. The molecule has 6 nitrogen and oxygen atoms in total. The van der Waals surface area contributed by atoms with Crippen LogP contribution in [-0.4, -0.2) is 33.5 Å². The van der Waals surface area contributed by atoms with Crippen molar-refractivity contribution in [2.75, 3.05) is 5.75 Å². The van der Waals surface area contributed by atoms with E-state index in [0.717, 1.165) is 28.5 Å². The van der Waals surface area contributed by atoms with Gasteiger partial charge in [0, 0.05) is 5.70 Å². The van der Waals surface area contributed by atoms with Gasteiger partial charge in [-0.2, -0.15) is 4.99 Å². The van der Waals surface area contributed by atoms with E-state index in [1.165, 1.54) is 11.0 Å². The van der Waals surface area contributed by atoms with Crippen LogP contribution in [0.5, 0.6) is 0 Å². The Morgan fingerprint density at radius 2 is 1.52 bits per heavy atom. The molecular weight excluding hydrogens is 542 g/mol. The van der Waals surface area contributed by atoms with Crippen molar-refractivity contribution in [1.82, 2.24) is 10.2 Å². The summed E-state index contributed by atoms with van der Waals surface area (Å²) < 4.78 is 0. The summed E-state index contributed by atoms with van der Waals surface area (Å²) in [6, 6.07) is 28.6. The molecule has 0 atom stereocenters. The molecule has 0 saturated carbocycles. The maximum absolute atomic E-state index is 13.7. The first-order valence-corrected chi connectivity index (χ1v) is 14.4. The number of nitrogens with one attached hydrogen (secondary N) is 1. The van der Waals surface area contributed by atoms with Crippen molar-refractivity contribution in [3.8, 4) is 0 Å². The lowest BCUT2D eigenvalue weighted by molar-refractivity contribution is -0.126. The van der Waals surface area contributed by atoms with Gasteiger partial charge >= 0.3 is 0 Å². The standard InChI is InChI=1S/C35H31N3O3S/c1-3-5-23-29(4-2)38-34(41)30(24-15-18-26-16-9-6-10-17-26)33(40)37-35(38)42-25-31(39)36-32(27-19-11-7-12-20-27)28-21-13-8-14-22-28/h3-24,32H,1,25H2,2H3,(H,36,39)/b18-15+,23-5-,29-4+,30-24+. The second kappa shape index (κ2) is 15.1. The third-order valence-electron chi connectivity index (χ3n) is 6.26. The summed E-state index contributed by atoms with van der Waals surface area (Å²) in [5.41, 5.74) is 3.24. The van der Waals surface area contributed by atoms with Crippen molar-refractivity contribution in [1.29, 1.82) is 0 Å². The molecule has 3 aromatic rings. The molecule has 1 aliphatic heterocycles. The molecule has 3 aromatic carbocycles. The Morgan fingerprint density at radius 3 is 2.10 bits per heavy atom. The molecule has 3 amide bonds. The van der Waals surface area contributed by atoms with Gasteiger partial charge in [-0.1, -0.05) is 140 Å². The zero-order valence-corrected chi connectivity index (χ0v) is 24.0. The molecule has 4 rings (SSSR count). The topological polar surface area (TPSA) is 78.8 Å². The first-order valence-electron chi connectivity index (χ1n) is 13.4. The Hall–Kier alpha value is -5.01. The number of allylic oxidation sites excluding steroid dienone is 6. The van der Waals surface area contributed by atoms with E-state index >= 15 is 0 Å². The molecule has 7 heteroatoms. The molecule has 0 unspecified atom stereocenters. The Kier molecular flexibility index (Phi) is 10.8. The second-order valence-corrected chi connectivity index (χ2v) is 10.1. The molecule has 0 aliphatic carbocycles. The number of amidine groups is 1. The van der Waals surface area contributed by atoms with Gasteiger partial charge in [-0.15, -0.1) is 0 Å². The molecule has 0 saturated heterocycles. The van der Waals surface area contributed by atoms with E-state index in [4.69, 9.17) is 0 Å². The van der Waals surface area contributed by atoms with Crippen molar-refractivity contribution in [2.24, 2.45) is 4.99 Å². The summed E-state index contributed by atoms with van der Waals surface area (Å²) >= 11 is 1.03. The zero-order valence-electron chi connectivity index (χ0n) is 23.2. The summed E-state index contributed by atoms with van der Waals surface area (Å²) in [6.07, 6.45) is 11.7. The number of carbonyl (C=O) groups excluding carboxylic acids is 3. The number of hydrogen-bond donors (Lipinski definition) is 1. The number of rotatable bonds is 10. The first-order chi connectivity index (χ1) is 20.5. The zero-order chi connectivity index (χ0) is 29.7. The lowest BCUT2D eigenvalue weighted by Crippen LogP contribution is -2.42. The van der Waals surface area contributed by atoms with Crippen LogP contribution in [0.4, 0.5) is 0 Å². The predicted molar refractivity (Wildman–Crippen MR) is 171 cm³/mol. The molecule has 0 radical (unpaired) electrons. The van der Waals surface area contributed by atoms with E-state index < -0.39 is 11.8 Å². The summed E-state index contributed by atoms with van der Waals surface area (Å²) in [4.78, 5) is 45.5. The van der Waals surface area contributed by atoms with E-state index in [1.54, 1.807) is 43.4 Å². The Morgan fingerprint density at radius 1 is 0.929 bits per heavy atom. The molecular formula is C35H31N3O3S. The van der Waals surface area contributed by atoms with E-state index in [1.807, 2.05) is 91.0 Å². The lowest BCUT2D eigenvalue weighted by atomic mass is 9.99. The molecule has 0 aromatic heterocycles. The van der Waals surface area contributed by atoms with Crippen LogP contribution < -0.4 is 5.32 Å². The van der Waals surface area contributed by atoms with Gasteiger partial charge in [0.1, 0.15) is 5.57 Å². The monoisotopic (exact) mass is 573 g/mol. The fourth-order valence-electron chi connectivity index (χ4n) is 4.23. The Bertz CT molecular complexity index is 1530. The summed E-state index contributed by atoms with van der Waals surface area (Å²) in [5.74, 6) is -1.51. The quantitative estimate of drug-likeness (QED) is 0.168. The van der Waals surface area contributed by atoms with Crippen LogP contribution in [0.15, 0.2) is 150 Å². The molecule has 1 aliphatic rings. The number of aliphatic imine (C=N–C) groups is 1. The number of nitrogens with zero attached hydrogens (tertiary/aromatic N) is 2. The van der Waals surface area contributed by atoms with Crippen LogP contribution >= 0.6 is 11.8 Å². The maximum atomic E-state index is 13.7. The highest BCUT2D eigenvalue weighted by Gasteiger charge is 2.34. The fourth-order valence-corrected chi connectivity index (χ4v) is 5.04. The average molecular weight is 574 g/mol. The molecule has 42 heavy (non-hydrogen) atoms. The highest BCUT2D eigenvalue weighted by Crippen LogP contribution is 2.26. The Balaban J connectivity index is 1.57. The van der Waals surface area contributed by atoms with Gasteiger partial charge in [-0.3, -0.25) is 19.3 Å². The summed E-state index contributed by atoms with van der Waals surface area (Å²) in [5, 5.41) is 3.22. The third-order valence-corrected chi connectivity index (χ3v) is 7.20. The molecule has 210 valence electrons. The van der Waals surface area contributed by atoms with Gasteiger partial charge in [-0.05, 0) is 35.8 Å². The number of thioether (sulfide) groups is 1. The van der Waals surface area contributed by atoms with Crippen LogP contribution in [0, 0.1) is 0 Å². The predicted octanol–water partition coefficient (Wildman–Crippen LogP) is 6.64. The van der Waals surface area contributed by atoms with E-state index in [0.29, 0.717) is 5.70 Å². The minimum atomic E-state index is -0.661. The van der Waals surface area contributed by atoms with Crippen LogP contribution in [0.2, 0.25) is 0 Å². The molecule has 1 N–H and O–H groups in total. The van der Waals surface area contributed by atoms with Crippen molar-refractivity contribution in [2.45, 2.75) is 13.0 Å².